The number of hydrogen-bond acceptors (Lipinski definition) is 2. The number of benzene rings is 4. The van der Waals surface area contributed by atoms with E-state index >= 15 is 0 Å². The Morgan fingerprint density at radius 2 is 1.25 bits per heavy atom. The lowest BCUT2D eigenvalue weighted by Gasteiger charge is -2.25. The summed E-state index contributed by atoms with van der Waals surface area (Å²) in [7, 11) is 0. The van der Waals surface area contributed by atoms with Crippen LogP contribution in [-0.2, 0) is 4.79 Å². The Kier molecular flexibility index (Phi) is 6.57. The molecule has 0 saturated carbocycles. The molecule has 0 radical (unpaired) electrons. The van der Waals surface area contributed by atoms with E-state index in [9.17, 15) is 9.59 Å². The van der Waals surface area contributed by atoms with Gasteiger partial charge >= 0.3 is 0 Å². The molecule has 0 aromatic heterocycles. The van der Waals surface area contributed by atoms with Crippen molar-refractivity contribution in [2.45, 2.75) is 19.3 Å². The van der Waals surface area contributed by atoms with Gasteiger partial charge in [0.2, 0.25) is 5.91 Å². The molecule has 0 aliphatic carbocycles. The van der Waals surface area contributed by atoms with Crippen molar-refractivity contribution in [3.05, 3.63) is 138 Å². The van der Waals surface area contributed by atoms with Gasteiger partial charge in [-0.2, -0.15) is 0 Å². The monoisotopic (exact) mass is 419 g/mol. The molecule has 4 rings (SSSR count). The zero-order valence-electron chi connectivity index (χ0n) is 18.0. The van der Waals surface area contributed by atoms with Gasteiger partial charge in [0.05, 0.1) is 5.69 Å². The van der Waals surface area contributed by atoms with Crippen LogP contribution in [0.25, 0.3) is 0 Å². The fraction of sp³-hybridized carbons (Fsp3) is 0.103. The molecule has 1 atom stereocenters. The molecule has 0 saturated heterocycles. The molecule has 3 nitrogen and oxygen atoms in total. The van der Waals surface area contributed by atoms with E-state index in [-0.39, 0.29) is 24.2 Å². The number of hydrogen-bond donors (Lipinski definition) is 0. The Hall–Kier alpha value is -3.98. The molecule has 158 valence electrons. The van der Waals surface area contributed by atoms with Crippen LogP contribution in [0.5, 0.6) is 0 Å². The number of aryl methyl sites for hydroxylation is 1. The zero-order valence-corrected chi connectivity index (χ0v) is 18.0. The molecule has 32 heavy (non-hydrogen) atoms. The molecule has 0 bridgehead atoms. The van der Waals surface area contributed by atoms with Gasteiger partial charge in [-0.15, -0.1) is 0 Å². The van der Waals surface area contributed by atoms with Gasteiger partial charge in [-0.1, -0.05) is 96.6 Å². The smallest absolute Gasteiger partial charge is 0.265 e. The molecule has 4 aromatic carbocycles. The Morgan fingerprint density at radius 3 is 1.88 bits per heavy atom. The van der Waals surface area contributed by atoms with Gasteiger partial charge < -0.3 is 0 Å². The third-order valence-electron chi connectivity index (χ3n) is 5.51. The van der Waals surface area contributed by atoms with Crippen molar-refractivity contribution in [2.24, 2.45) is 0 Å². The van der Waals surface area contributed by atoms with Crippen molar-refractivity contribution >= 4 is 17.5 Å². The van der Waals surface area contributed by atoms with E-state index in [0.29, 0.717) is 11.3 Å². The molecule has 4 aromatic rings. The highest BCUT2D eigenvalue weighted by Crippen LogP contribution is 2.30. The highest BCUT2D eigenvalue weighted by molar-refractivity contribution is 6.21. The topological polar surface area (TPSA) is 37.4 Å². The quantitative estimate of drug-likeness (QED) is 0.363. The van der Waals surface area contributed by atoms with Crippen molar-refractivity contribution in [1.29, 1.82) is 0 Å². The lowest BCUT2D eigenvalue weighted by atomic mass is 9.87. The number of carbonyl (C=O) groups excluding carboxylic acids is 2. The Morgan fingerprint density at radius 1 is 0.688 bits per heavy atom. The van der Waals surface area contributed by atoms with Gasteiger partial charge in [0.25, 0.3) is 5.91 Å². The normalized spacial score (nSPS) is 11.5. The van der Waals surface area contributed by atoms with Gasteiger partial charge in [-0.05, 0) is 42.3 Å². The maximum atomic E-state index is 13.7. The Bertz CT molecular complexity index is 1190. The fourth-order valence-corrected chi connectivity index (χ4v) is 3.93. The number of rotatable bonds is 6. The molecule has 0 spiro atoms. The first-order chi connectivity index (χ1) is 15.6. The van der Waals surface area contributed by atoms with Crippen LogP contribution in [0.1, 0.15) is 39.4 Å². The maximum absolute atomic E-state index is 13.7. The average molecular weight is 420 g/mol. The lowest BCUT2D eigenvalue weighted by Crippen LogP contribution is -2.38. The lowest BCUT2D eigenvalue weighted by molar-refractivity contribution is -0.118. The van der Waals surface area contributed by atoms with Crippen molar-refractivity contribution < 1.29 is 9.59 Å². The first-order valence-corrected chi connectivity index (χ1v) is 10.7. The van der Waals surface area contributed by atoms with Crippen molar-refractivity contribution in [3.63, 3.8) is 0 Å². The predicted octanol–water partition coefficient (Wildman–Crippen LogP) is 6.39. The second-order valence-corrected chi connectivity index (χ2v) is 7.82. The van der Waals surface area contributed by atoms with Crippen LogP contribution in [0, 0.1) is 6.92 Å². The van der Waals surface area contributed by atoms with Crippen LogP contribution >= 0.6 is 0 Å². The van der Waals surface area contributed by atoms with Crippen LogP contribution in [0.4, 0.5) is 5.69 Å². The van der Waals surface area contributed by atoms with Crippen molar-refractivity contribution in [2.75, 3.05) is 4.90 Å². The number of carbonyl (C=O) groups is 2. The summed E-state index contributed by atoms with van der Waals surface area (Å²) in [5.74, 6) is -0.711. The first kappa shape index (κ1) is 21.3. The standard InChI is InChI=1S/C29H25NO2/c1-22-12-11-17-25(20-22)27(23-13-5-2-6-14-23)21-28(31)30(26-18-9-4-10-19-26)29(32)24-15-7-3-8-16-24/h2-20,27H,21H2,1H3. The number of anilines is 1. The summed E-state index contributed by atoms with van der Waals surface area (Å²) in [6.45, 7) is 2.04. The minimum Gasteiger partial charge on any atom is -0.274 e. The van der Waals surface area contributed by atoms with Crippen molar-refractivity contribution in [1.82, 2.24) is 0 Å². The third-order valence-corrected chi connectivity index (χ3v) is 5.51. The predicted molar refractivity (Wildman–Crippen MR) is 129 cm³/mol. The fourth-order valence-electron chi connectivity index (χ4n) is 3.93. The second-order valence-electron chi connectivity index (χ2n) is 7.82. The minimum absolute atomic E-state index is 0.154. The van der Waals surface area contributed by atoms with Gasteiger partial charge in [0, 0.05) is 17.9 Å². The number of imide groups is 1. The second kappa shape index (κ2) is 9.88. The summed E-state index contributed by atoms with van der Waals surface area (Å²) in [6.07, 6.45) is 0.181. The van der Waals surface area contributed by atoms with Crippen LogP contribution < -0.4 is 4.90 Å². The molecule has 0 fully saturated rings. The number of nitrogens with zero attached hydrogens (tertiary/aromatic N) is 1. The number of amides is 2. The van der Waals surface area contributed by atoms with Gasteiger partial charge in [-0.25, -0.2) is 4.90 Å². The zero-order chi connectivity index (χ0) is 22.3. The SMILES string of the molecule is Cc1cccc(C(CC(=O)N(C(=O)c2ccccc2)c2ccccc2)c2ccccc2)c1. The first-order valence-electron chi connectivity index (χ1n) is 10.7. The summed E-state index contributed by atoms with van der Waals surface area (Å²) in [5, 5.41) is 0. The molecular formula is C29H25NO2. The molecular weight excluding hydrogens is 394 g/mol. The van der Waals surface area contributed by atoms with E-state index in [1.54, 1.807) is 36.4 Å². The molecule has 3 heteroatoms. The molecule has 0 aliphatic rings. The van der Waals surface area contributed by atoms with E-state index in [1.807, 2.05) is 79.7 Å². The van der Waals surface area contributed by atoms with Crippen LogP contribution in [-0.4, -0.2) is 11.8 Å². The van der Waals surface area contributed by atoms with Gasteiger partial charge in [-0.3, -0.25) is 9.59 Å². The summed E-state index contributed by atoms with van der Waals surface area (Å²) in [4.78, 5) is 28.4. The number of para-hydroxylation sites is 1. The summed E-state index contributed by atoms with van der Waals surface area (Å²) in [5.41, 5.74) is 4.30. The summed E-state index contributed by atoms with van der Waals surface area (Å²) < 4.78 is 0. The molecule has 0 N–H and O–H groups in total. The van der Waals surface area contributed by atoms with E-state index in [1.165, 1.54) is 4.90 Å². The van der Waals surface area contributed by atoms with Crippen LogP contribution in [0.15, 0.2) is 115 Å². The van der Waals surface area contributed by atoms with E-state index in [2.05, 4.69) is 6.07 Å². The van der Waals surface area contributed by atoms with Crippen molar-refractivity contribution in [3.8, 4) is 0 Å². The van der Waals surface area contributed by atoms with Gasteiger partial charge in [0.1, 0.15) is 0 Å². The van der Waals surface area contributed by atoms with E-state index in [0.717, 1.165) is 16.7 Å². The highest BCUT2D eigenvalue weighted by atomic mass is 16.2. The minimum atomic E-state index is -0.321. The van der Waals surface area contributed by atoms with E-state index in [4.69, 9.17) is 0 Å². The van der Waals surface area contributed by atoms with Crippen LogP contribution in [0.2, 0.25) is 0 Å². The molecule has 0 aliphatic heterocycles. The van der Waals surface area contributed by atoms with Crippen LogP contribution in [0.3, 0.4) is 0 Å². The van der Waals surface area contributed by atoms with E-state index < -0.39 is 0 Å². The van der Waals surface area contributed by atoms with Gasteiger partial charge in [0.15, 0.2) is 0 Å². The molecule has 1 unspecified atom stereocenters. The average Bonchev–Trinajstić information content (AvgIpc) is 2.84. The molecule has 2 amide bonds. The highest BCUT2D eigenvalue weighted by Gasteiger charge is 2.28. The Labute approximate surface area is 189 Å². The largest absolute Gasteiger partial charge is 0.274 e. The summed E-state index contributed by atoms with van der Waals surface area (Å²) in [6, 6.07) is 36.3. The summed E-state index contributed by atoms with van der Waals surface area (Å²) >= 11 is 0. The maximum Gasteiger partial charge on any atom is 0.265 e. The third kappa shape index (κ3) is 4.84. The Balaban J connectivity index is 1.72. The molecule has 0 heterocycles.